The maximum absolute atomic E-state index is 11.7. The molecule has 0 spiro atoms. The van der Waals surface area contributed by atoms with E-state index in [9.17, 15) is 4.79 Å². The Hall–Kier alpha value is -1.38. The lowest BCUT2D eigenvalue weighted by atomic mass is 10.1. The Kier molecular flexibility index (Phi) is 9.77. The van der Waals surface area contributed by atoms with E-state index in [4.69, 9.17) is 28.0 Å². The molecule has 2 atom stereocenters. The average molecular weight is 274 g/mol. The first-order chi connectivity index (χ1) is 9.01. The fourth-order valence-electron chi connectivity index (χ4n) is 1.53. The van der Waals surface area contributed by atoms with Gasteiger partial charge in [-0.1, -0.05) is 0 Å². The number of carbonyl (C=O) groups excluding carboxylic acids is 1. The highest BCUT2D eigenvalue weighted by molar-refractivity contribution is 5.81. The lowest BCUT2D eigenvalue weighted by Gasteiger charge is -2.18. The number of carbonyl (C=O) groups is 1. The van der Waals surface area contributed by atoms with E-state index in [1.165, 1.54) is 0 Å². The van der Waals surface area contributed by atoms with Crippen LogP contribution in [0.1, 0.15) is 25.7 Å². The maximum atomic E-state index is 11.7. The normalized spacial score (nSPS) is 13.6. The Balaban J connectivity index is 3.93. The van der Waals surface area contributed by atoms with Gasteiger partial charge < -0.3 is 33.4 Å². The highest BCUT2D eigenvalue weighted by atomic mass is 16.3. The number of amides is 1. The van der Waals surface area contributed by atoms with Gasteiger partial charge in [-0.25, -0.2) is 0 Å². The van der Waals surface area contributed by atoms with Gasteiger partial charge >= 0.3 is 0 Å². The van der Waals surface area contributed by atoms with E-state index in [0.717, 1.165) is 6.42 Å². The summed E-state index contributed by atoms with van der Waals surface area (Å²) in [4.78, 5) is 15.5. The van der Waals surface area contributed by atoms with Gasteiger partial charge in [0.1, 0.15) is 0 Å². The molecule has 8 nitrogen and oxygen atoms in total. The van der Waals surface area contributed by atoms with Gasteiger partial charge in [-0.05, 0) is 32.2 Å². The molecule has 0 bridgehead atoms. The summed E-state index contributed by atoms with van der Waals surface area (Å²) < 4.78 is 0. The molecule has 0 saturated heterocycles. The minimum atomic E-state index is -0.624. The summed E-state index contributed by atoms with van der Waals surface area (Å²) in [5, 5.41) is 11.8. The Morgan fingerprint density at radius 2 is 1.95 bits per heavy atom. The molecule has 112 valence electrons. The monoisotopic (exact) mass is 274 g/mol. The molecule has 0 fully saturated rings. The van der Waals surface area contributed by atoms with Crippen LogP contribution in [0, 0.1) is 0 Å². The average Bonchev–Trinajstić information content (AvgIpc) is 2.38. The molecule has 0 saturated carbocycles. The third-order valence-corrected chi connectivity index (χ3v) is 2.63. The van der Waals surface area contributed by atoms with E-state index in [-0.39, 0.29) is 24.5 Å². The molecule has 10 N–H and O–H groups in total. The fourth-order valence-corrected chi connectivity index (χ4v) is 1.53. The highest BCUT2D eigenvalue weighted by Crippen LogP contribution is 1.99. The molecule has 19 heavy (non-hydrogen) atoms. The third-order valence-electron chi connectivity index (χ3n) is 2.63. The van der Waals surface area contributed by atoms with E-state index in [2.05, 4.69) is 10.3 Å². The van der Waals surface area contributed by atoms with Crippen molar-refractivity contribution in [1.82, 2.24) is 5.32 Å². The topological polar surface area (TPSA) is 166 Å². The number of aliphatic imine (C=N–C) groups is 1. The molecule has 0 heterocycles. The smallest absolute Gasteiger partial charge is 0.237 e. The lowest BCUT2D eigenvalue weighted by Crippen LogP contribution is -2.46. The van der Waals surface area contributed by atoms with E-state index in [1.807, 2.05) is 0 Å². The molecule has 8 heteroatoms. The summed E-state index contributed by atoms with van der Waals surface area (Å²) in [6, 6.07) is -0.916. The summed E-state index contributed by atoms with van der Waals surface area (Å²) in [6.45, 7) is 0.851. The van der Waals surface area contributed by atoms with Crippen molar-refractivity contribution in [2.24, 2.45) is 27.9 Å². The van der Waals surface area contributed by atoms with Crippen LogP contribution < -0.4 is 28.3 Å². The summed E-state index contributed by atoms with van der Waals surface area (Å²) in [5.74, 6) is -0.249. The van der Waals surface area contributed by atoms with Crippen molar-refractivity contribution in [2.45, 2.75) is 37.8 Å². The van der Waals surface area contributed by atoms with E-state index < -0.39 is 6.04 Å². The van der Waals surface area contributed by atoms with Gasteiger partial charge in [-0.3, -0.25) is 9.79 Å². The van der Waals surface area contributed by atoms with Crippen molar-refractivity contribution in [3.05, 3.63) is 0 Å². The Bertz CT molecular complexity index is 280. The van der Waals surface area contributed by atoms with Gasteiger partial charge in [0.05, 0.1) is 18.7 Å². The van der Waals surface area contributed by atoms with Crippen LogP contribution in [0.3, 0.4) is 0 Å². The van der Waals surface area contributed by atoms with Gasteiger partial charge in [-0.2, -0.15) is 0 Å². The van der Waals surface area contributed by atoms with Gasteiger partial charge in [0, 0.05) is 6.54 Å². The number of aliphatic hydroxyl groups excluding tert-OH is 1. The minimum absolute atomic E-state index is 0.0279. The Morgan fingerprint density at radius 1 is 1.26 bits per heavy atom. The fraction of sp³-hybridized carbons (Fsp3) is 0.818. The summed E-state index contributed by atoms with van der Waals surface area (Å²) in [6.07, 6.45) is 2.49. The zero-order valence-electron chi connectivity index (χ0n) is 11.2. The number of rotatable bonds is 10. The number of hydrogen-bond acceptors (Lipinski definition) is 5. The highest BCUT2D eigenvalue weighted by Gasteiger charge is 2.16. The van der Waals surface area contributed by atoms with Crippen molar-refractivity contribution < 1.29 is 9.90 Å². The molecule has 0 radical (unpaired) electrons. The molecule has 0 rings (SSSR count). The molecular formula is C11H26N6O2. The summed E-state index contributed by atoms with van der Waals surface area (Å²) in [5.41, 5.74) is 21.5. The molecular weight excluding hydrogens is 248 g/mol. The van der Waals surface area contributed by atoms with Crippen LogP contribution in [0.25, 0.3) is 0 Å². The SMILES string of the molecule is NCCC[C@H](CO)NC(=O)C(N)CCCN=C(N)N. The van der Waals surface area contributed by atoms with Gasteiger partial charge in [0.2, 0.25) is 5.91 Å². The number of nitrogens with two attached hydrogens (primary N) is 4. The molecule has 0 aliphatic carbocycles. The van der Waals surface area contributed by atoms with Gasteiger partial charge in [0.15, 0.2) is 5.96 Å². The summed E-state index contributed by atoms with van der Waals surface area (Å²) >= 11 is 0. The predicted molar refractivity (Wildman–Crippen MR) is 75.2 cm³/mol. The third kappa shape index (κ3) is 9.23. The molecule has 0 aliphatic rings. The maximum Gasteiger partial charge on any atom is 0.237 e. The lowest BCUT2D eigenvalue weighted by molar-refractivity contribution is -0.123. The zero-order chi connectivity index (χ0) is 14.7. The minimum Gasteiger partial charge on any atom is -0.394 e. The first-order valence-corrected chi connectivity index (χ1v) is 6.43. The van der Waals surface area contributed by atoms with Gasteiger partial charge in [0.25, 0.3) is 0 Å². The van der Waals surface area contributed by atoms with Crippen LogP contribution in [-0.2, 0) is 4.79 Å². The van der Waals surface area contributed by atoms with E-state index in [0.29, 0.717) is 32.4 Å². The first-order valence-electron chi connectivity index (χ1n) is 6.43. The summed E-state index contributed by atoms with van der Waals surface area (Å²) in [7, 11) is 0. The second-order valence-electron chi connectivity index (χ2n) is 4.37. The van der Waals surface area contributed by atoms with Crippen LogP contribution in [0.4, 0.5) is 0 Å². The molecule has 0 aromatic heterocycles. The number of nitrogens with zero attached hydrogens (tertiary/aromatic N) is 1. The van der Waals surface area contributed by atoms with E-state index in [1.54, 1.807) is 0 Å². The quantitative estimate of drug-likeness (QED) is 0.147. The zero-order valence-corrected chi connectivity index (χ0v) is 11.2. The van der Waals surface area contributed by atoms with Crippen molar-refractivity contribution in [2.75, 3.05) is 19.7 Å². The van der Waals surface area contributed by atoms with Gasteiger partial charge in [-0.15, -0.1) is 0 Å². The van der Waals surface area contributed by atoms with Crippen LogP contribution >= 0.6 is 0 Å². The molecule has 0 aromatic rings. The number of hydrogen-bond donors (Lipinski definition) is 6. The van der Waals surface area contributed by atoms with Crippen LogP contribution in [0.5, 0.6) is 0 Å². The molecule has 1 unspecified atom stereocenters. The van der Waals surface area contributed by atoms with Crippen LogP contribution in [0.2, 0.25) is 0 Å². The molecule has 0 aromatic carbocycles. The van der Waals surface area contributed by atoms with Crippen molar-refractivity contribution in [3.63, 3.8) is 0 Å². The molecule has 0 aliphatic heterocycles. The number of guanidine groups is 1. The van der Waals surface area contributed by atoms with Crippen molar-refractivity contribution >= 4 is 11.9 Å². The second kappa shape index (κ2) is 10.5. The predicted octanol–water partition coefficient (Wildman–Crippen LogP) is -2.42. The number of aliphatic hydroxyl groups is 1. The largest absolute Gasteiger partial charge is 0.394 e. The second-order valence-corrected chi connectivity index (χ2v) is 4.37. The molecule has 1 amide bonds. The number of nitrogens with one attached hydrogen (secondary N) is 1. The first kappa shape index (κ1) is 17.6. The van der Waals surface area contributed by atoms with E-state index >= 15 is 0 Å². The van der Waals surface area contributed by atoms with Crippen molar-refractivity contribution in [3.8, 4) is 0 Å². The van der Waals surface area contributed by atoms with Crippen LogP contribution in [0.15, 0.2) is 4.99 Å². The van der Waals surface area contributed by atoms with Crippen LogP contribution in [-0.4, -0.2) is 48.8 Å². The Morgan fingerprint density at radius 3 is 2.47 bits per heavy atom. The Labute approximate surface area is 113 Å². The standard InChI is InChI=1S/C11H26N6O2/c12-5-1-3-8(7-18)17-10(19)9(13)4-2-6-16-11(14)15/h8-9,18H,1-7,12-13H2,(H,17,19)(H4,14,15,16)/t8-,9?/m1/s1. The van der Waals surface area contributed by atoms with Crippen molar-refractivity contribution in [1.29, 1.82) is 0 Å².